The Morgan fingerprint density at radius 2 is 1.94 bits per heavy atom. The first-order valence-electron chi connectivity index (χ1n) is 15.6. The average molecular weight is 654 g/mol. The van der Waals surface area contributed by atoms with Crippen LogP contribution in [-0.2, 0) is 30.0 Å². The summed E-state index contributed by atoms with van der Waals surface area (Å²) in [6.07, 6.45) is 3.80. The number of carboxylic acid groups (broad SMARTS) is 1. The van der Waals surface area contributed by atoms with Crippen molar-refractivity contribution in [2.24, 2.45) is 14.1 Å². The number of carboxylic acids is 1. The number of benzene rings is 2. The lowest BCUT2D eigenvalue weighted by Crippen LogP contribution is -2.28. The lowest BCUT2D eigenvalue weighted by Gasteiger charge is -2.29. The molecule has 47 heavy (non-hydrogen) atoms. The minimum absolute atomic E-state index is 0.275. The molecule has 0 saturated heterocycles. The maximum Gasteiger partial charge on any atom is 0.337 e. The van der Waals surface area contributed by atoms with Crippen LogP contribution >= 0.6 is 11.3 Å². The topological polar surface area (TPSA) is 104 Å². The van der Waals surface area contributed by atoms with Crippen LogP contribution in [0.3, 0.4) is 0 Å². The van der Waals surface area contributed by atoms with Crippen LogP contribution < -0.4 is 4.74 Å². The van der Waals surface area contributed by atoms with Crippen molar-refractivity contribution < 1.29 is 23.8 Å². The monoisotopic (exact) mass is 653 g/mol. The number of carbonyl (C=O) groups is 1. The van der Waals surface area contributed by atoms with E-state index in [-0.39, 0.29) is 5.75 Å². The Bertz CT molecular complexity index is 2220. The largest absolute Gasteiger partial charge is 0.490 e. The predicted molar refractivity (Wildman–Crippen MR) is 181 cm³/mol. The van der Waals surface area contributed by atoms with E-state index in [1.165, 1.54) is 6.07 Å². The Morgan fingerprint density at radius 3 is 2.68 bits per heavy atom. The zero-order valence-electron chi connectivity index (χ0n) is 27.4. The summed E-state index contributed by atoms with van der Waals surface area (Å²) >= 11 is 1.55. The first kappa shape index (κ1) is 31.0. The van der Waals surface area contributed by atoms with Crippen LogP contribution in [-0.4, -0.2) is 47.6 Å². The highest BCUT2D eigenvalue weighted by Gasteiger charge is 2.34. The number of ether oxygens (including phenoxy) is 2. The highest BCUT2D eigenvalue weighted by Crippen LogP contribution is 2.46. The molecule has 1 atom stereocenters. The molecule has 4 aromatic heterocycles. The number of hydrogen-bond acceptors (Lipinski definition) is 7. The Hall–Kier alpha value is -4.61. The SMILES string of the molecule is Cc1nc2c(cc(-c3cnc(-c4ccc5c(cnn5C)c4)s3)n2C)c(-c2cc(F)c3c(c2C)CCCO3)c1[C@H](OC(C)(C)C)C(=O)O. The molecule has 0 unspecified atom stereocenters. The van der Waals surface area contributed by atoms with Gasteiger partial charge in [-0.3, -0.25) is 4.68 Å². The number of thiazole rings is 1. The Balaban J connectivity index is 1.46. The van der Waals surface area contributed by atoms with Gasteiger partial charge in [0.15, 0.2) is 17.7 Å². The van der Waals surface area contributed by atoms with Crippen molar-refractivity contribution in [2.45, 2.75) is 59.2 Å². The Morgan fingerprint density at radius 1 is 1.15 bits per heavy atom. The number of aliphatic carboxylic acids is 1. The van der Waals surface area contributed by atoms with E-state index >= 15 is 4.39 Å². The number of aromatic nitrogens is 5. The van der Waals surface area contributed by atoms with Gasteiger partial charge in [-0.05, 0) is 88.9 Å². The molecule has 0 amide bonds. The molecule has 1 aliphatic rings. The van der Waals surface area contributed by atoms with E-state index in [0.717, 1.165) is 49.6 Å². The maximum absolute atomic E-state index is 15.8. The van der Waals surface area contributed by atoms with Gasteiger partial charge in [-0.15, -0.1) is 11.3 Å². The van der Waals surface area contributed by atoms with Crippen LogP contribution in [0.25, 0.3) is 54.2 Å². The fourth-order valence-electron chi connectivity index (χ4n) is 6.63. The van der Waals surface area contributed by atoms with Crippen molar-refractivity contribution in [2.75, 3.05) is 6.61 Å². The summed E-state index contributed by atoms with van der Waals surface area (Å²) in [6.45, 7) is 9.66. The van der Waals surface area contributed by atoms with E-state index in [0.29, 0.717) is 46.4 Å². The van der Waals surface area contributed by atoms with Crippen molar-refractivity contribution in [3.63, 3.8) is 0 Å². The Labute approximate surface area is 275 Å². The second kappa shape index (κ2) is 11.3. The molecule has 0 radical (unpaired) electrons. The average Bonchev–Trinajstić information content (AvgIpc) is 3.74. The lowest BCUT2D eigenvalue weighted by atomic mass is 9.86. The molecule has 242 valence electrons. The molecule has 5 heterocycles. The summed E-state index contributed by atoms with van der Waals surface area (Å²) < 4.78 is 31.5. The summed E-state index contributed by atoms with van der Waals surface area (Å²) in [5.41, 5.74) is 6.54. The third-order valence-electron chi connectivity index (χ3n) is 8.82. The number of halogens is 1. The molecular formula is C36H36FN5O4S. The first-order valence-corrected chi connectivity index (χ1v) is 16.4. The van der Waals surface area contributed by atoms with Crippen LogP contribution in [0.1, 0.15) is 55.7 Å². The summed E-state index contributed by atoms with van der Waals surface area (Å²) in [7, 11) is 3.85. The molecule has 0 bridgehead atoms. The van der Waals surface area contributed by atoms with Gasteiger partial charge in [-0.25, -0.2) is 19.2 Å². The Kier molecular flexibility index (Phi) is 7.44. The van der Waals surface area contributed by atoms with Gasteiger partial charge in [0.25, 0.3) is 0 Å². The zero-order valence-corrected chi connectivity index (χ0v) is 28.3. The molecule has 6 aromatic rings. The van der Waals surface area contributed by atoms with E-state index in [9.17, 15) is 9.90 Å². The number of nitrogens with zero attached hydrogens (tertiary/aromatic N) is 5. The number of hydrogen-bond donors (Lipinski definition) is 1. The number of fused-ring (bicyclic) bond motifs is 3. The molecular weight excluding hydrogens is 617 g/mol. The third-order valence-corrected chi connectivity index (χ3v) is 9.89. The van der Waals surface area contributed by atoms with Gasteiger partial charge in [0, 0.05) is 59.0 Å². The fourth-order valence-corrected chi connectivity index (χ4v) is 7.60. The van der Waals surface area contributed by atoms with Crippen LogP contribution in [0, 0.1) is 19.7 Å². The highest BCUT2D eigenvalue weighted by molar-refractivity contribution is 7.18. The summed E-state index contributed by atoms with van der Waals surface area (Å²) in [6, 6.07) is 9.65. The number of pyridine rings is 1. The molecule has 0 spiro atoms. The van der Waals surface area contributed by atoms with Crippen molar-refractivity contribution in [1.82, 2.24) is 24.3 Å². The minimum atomic E-state index is -1.34. The second-order valence-electron chi connectivity index (χ2n) is 13.1. The molecule has 0 fully saturated rings. The van der Waals surface area contributed by atoms with Crippen molar-refractivity contribution in [3.8, 4) is 38.0 Å². The zero-order chi connectivity index (χ0) is 33.4. The summed E-state index contributed by atoms with van der Waals surface area (Å²) in [4.78, 5) is 23.5. The molecule has 0 saturated carbocycles. The van der Waals surface area contributed by atoms with E-state index in [4.69, 9.17) is 19.4 Å². The quantitative estimate of drug-likeness (QED) is 0.195. The summed E-state index contributed by atoms with van der Waals surface area (Å²) in [5.74, 6) is -1.33. The van der Waals surface area contributed by atoms with Crippen LogP contribution in [0.15, 0.2) is 42.7 Å². The van der Waals surface area contributed by atoms with Gasteiger partial charge < -0.3 is 19.1 Å². The molecule has 9 nitrogen and oxygen atoms in total. The molecule has 7 rings (SSSR count). The molecule has 0 aliphatic carbocycles. The fraction of sp³-hybridized carbons (Fsp3) is 0.333. The van der Waals surface area contributed by atoms with E-state index in [2.05, 4.69) is 11.2 Å². The smallest absolute Gasteiger partial charge is 0.337 e. The van der Waals surface area contributed by atoms with Gasteiger partial charge in [0.05, 0.1) is 34.5 Å². The first-order chi connectivity index (χ1) is 22.3. The van der Waals surface area contributed by atoms with Crippen LogP contribution in [0.4, 0.5) is 4.39 Å². The van der Waals surface area contributed by atoms with Gasteiger partial charge in [0.2, 0.25) is 0 Å². The van der Waals surface area contributed by atoms with Crippen molar-refractivity contribution in [3.05, 3.63) is 70.9 Å². The molecule has 1 aliphatic heterocycles. The summed E-state index contributed by atoms with van der Waals surface area (Å²) in [5, 5.41) is 17.5. The normalized spacial score (nSPS) is 14.0. The van der Waals surface area contributed by atoms with Crippen molar-refractivity contribution in [1.29, 1.82) is 0 Å². The predicted octanol–water partition coefficient (Wildman–Crippen LogP) is 7.94. The molecule has 2 aromatic carbocycles. The lowest BCUT2D eigenvalue weighted by molar-refractivity contribution is -0.160. The number of aryl methyl sites for hydroxylation is 3. The second-order valence-corrected chi connectivity index (χ2v) is 14.2. The molecule has 11 heteroatoms. The van der Waals surface area contributed by atoms with Gasteiger partial charge in [0.1, 0.15) is 10.7 Å². The van der Waals surface area contributed by atoms with Gasteiger partial charge in [-0.1, -0.05) is 0 Å². The third kappa shape index (κ3) is 5.27. The standard InChI is InChI=1S/C36H36FN5O4S/c1-18-22-9-8-12-45-31(22)25(37)14-23(18)30-24-15-27(28-17-38-34(47-28)20-10-11-26-21(13-20)16-39-42(26)7)41(6)33(24)40-19(2)29(30)32(35(43)44)46-36(3,4)5/h10-11,13-17,32H,8-9,12H2,1-7H3,(H,43,44)/t32-/m0/s1. The van der Waals surface area contributed by atoms with Crippen LogP contribution in [0.2, 0.25) is 0 Å². The minimum Gasteiger partial charge on any atom is -0.490 e. The van der Waals surface area contributed by atoms with Crippen molar-refractivity contribution >= 4 is 39.2 Å². The van der Waals surface area contributed by atoms with E-state index in [1.54, 1.807) is 18.3 Å². The molecule has 1 N–H and O–H groups in total. The van der Waals surface area contributed by atoms with E-state index < -0.39 is 23.5 Å². The number of rotatable bonds is 6. The van der Waals surface area contributed by atoms with E-state index in [1.807, 2.05) is 81.6 Å². The van der Waals surface area contributed by atoms with Gasteiger partial charge in [-0.2, -0.15) is 5.10 Å². The highest BCUT2D eigenvalue weighted by atomic mass is 32.1. The maximum atomic E-state index is 15.8. The van der Waals surface area contributed by atoms with Gasteiger partial charge >= 0.3 is 5.97 Å². The van der Waals surface area contributed by atoms with Crippen LogP contribution in [0.5, 0.6) is 5.75 Å².